The van der Waals surface area contributed by atoms with Gasteiger partial charge in [-0.15, -0.1) is 0 Å². The highest BCUT2D eigenvalue weighted by atomic mass is 19.1. The van der Waals surface area contributed by atoms with E-state index in [4.69, 9.17) is 8.83 Å². The van der Waals surface area contributed by atoms with Crippen LogP contribution in [0.5, 0.6) is 0 Å². The number of halogens is 1. The molecule has 0 aliphatic rings. The van der Waals surface area contributed by atoms with Crippen LogP contribution in [0.2, 0.25) is 0 Å². The maximum Gasteiger partial charge on any atom is 0.323 e. The predicted octanol–water partition coefficient (Wildman–Crippen LogP) is 5.89. The molecule has 0 atom stereocenters. The number of carbonyl (C=O) groups excluding carboxylic acids is 1. The molecule has 0 spiro atoms. The second-order valence-electron chi connectivity index (χ2n) is 7.06. The molecule has 0 radical (unpaired) electrons. The van der Waals surface area contributed by atoms with E-state index in [1.165, 1.54) is 24.3 Å². The second-order valence-corrected chi connectivity index (χ2v) is 7.06. The molecule has 2 rings (SSSR count). The first-order valence-electron chi connectivity index (χ1n) is 10.4. The minimum atomic E-state index is -1.22. The van der Waals surface area contributed by atoms with Crippen LogP contribution >= 0.6 is 0 Å². The lowest BCUT2D eigenvalue weighted by molar-refractivity contribution is -0.137. The van der Waals surface area contributed by atoms with Crippen LogP contribution in [-0.4, -0.2) is 33.4 Å². The molecule has 8 heteroatoms. The third-order valence-corrected chi connectivity index (χ3v) is 4.62. The van der Waals surface area contributed by atoms with E-state index >= 15 is 0 Å². The van der Waals surface area contributed by atoms with E-state index in [0.717, 1.165) is 4.90 Å². The summed E-state index contributed by atoms with van der Waals surface area (Å²) in [6.45, 7) is 11.5. The van der Waals surface area contributed by atoms with E-state index in [1.54, 1.807) is 51.1 Å². The van der Waals surface area contributed by atoms with Gasteiger partial charge in [-0.1, -0.05) is 43.5 Å². The van der Waals surface area contributed by atoms with E-state index in [2.05, 4.69) is 18.1 Å². The molecule has 34 heavy (non-hydrogen) atoms. The maximum atomic E-state index is 14.3. The van der Waals surface area contributed by atoms with Crippen molar-refractivity contribution in [1.82, 2.24) is 9.88 Å². The summed E-state index contributed by atoms with van der Waals surface area (Å²) in [7, 11) is 0. The molecule has 0 saturated carbocycles. The number of hydrogen-bond acceptors (Lipinski definition) is 5. The van der Waals surface area contributed by atoms with Crippen LogP contribution in [0.15, 0.2) is 82.5 Å². The number of carboxylic acids is 1. The lowest BCUT2D eigenvalue weighted by Crippen LogP contribution is -2.35. The number of furan rings is 1. The summed E-state index contributed by atoms with van der Waals surface area (Å²) in [5.41, 5.74) is 1.09. The lowest BCUT2D eigenvalue weighted by atomic mass is 10.1. The van der Waals surface area contributed by atoms with Gasteiger partial charge < -0.3 is 18.8 Å². The number of allylic oxidation sites excluding steroid dienone is 10. The van der Waals surface area contributed by atoms with Crippen LogP contribution in [0.4, 0.5) is 4.39 Å². The van der Waals surface area contributed by atoms with Gasteiger partial charge in [0.1, 0.15) is 23.9 Å². The Balaban J connectivity index is 2.37. The molecule has 178 valence electrons. The van der Waals surface area contributed by atoms with Gasteiger partial charge in [0.05, 0.1) is 17.8 Å². The van der Waals surface area contributed by atoms with Gasteiger partial charge in [0.25, 0.3) is 5.91 Å². The van der Waals surface area contributed by atoms with Crippen molar-refractivity contribution in [2.24, 2.45) is 0 Å². The van der Waals surface area contributed by atoms with Crippen LogP contribution in [-0.2, 0) is 11.3 Å². The van der Waals surface area contributed by atoms with Gasteiger partial charge in [-0.3, -0.25) is 9.59 Å². The van der Waals surface area contributed by atoms with Gasteiger partial charge in [0, 0.05) is 5.57 Å². The quantitative estimate of drug-likeness (QED) is 0.415. The highest BCUT2D eigenvalue weighted by Crippen LogP contribution is 2.26. The molecule has 2 heterocycles. The van der Waals surface area contributed by atoms with Crippen molar-refractivity contribution in [2.75, 3.05) is 6.54 Å². The fourth-order valence-corrected chi connectivity index (χ4v) is 3.04. The summed E-state index contributed by atoms with van der Waals surface area (Å²) in [6, 6.07) is 3.07. The highest BCUT2D eigenvalue weighted by molar-refractivity contribution is 5.94. The highest BCUT2D eigenvalue weighted by Gasteiger charge is 2.27. The van der Waals surface area contributed by atoms with Crippen molar-refractivity contribution < 1.29 is 27.9 Å². The lowest BCUT2D eigenvalue weighted by Gasteiger charge is -2.18. The van der Waals surface area contributed by atoms with Gasteiger partial charge in [0.2, 0.25) is 11.7 Å². The minimum absolute atomic E-state index is 0.0832. The third kappa shape index (κ3) is 6.41. The summed E-state index contributed by atoms with van der Waals surface area (Å²) in [5, 5.41) is 9.34. The summed E-state index contributed by atoms with van der Waals surface area (Å²) in [4.78, 5) is 30.0. The zero-order valence-corrected chi connectivity index (χ0v) is 19.4. The average molecular weight is 467 g/mol. The fourth-order valence-electron chi connectivity index (χ4n) is 3.04. The summed E-state index contributed by atoms with van der Waals surface area (Å²) >= 11 is 0. The van der Waals surface area contributed by atoms with E-state index in [0.29, 0.717) is 11.3 Å². The number of rotatable bonds is 11. The number of aliphatic carboxylic acids is 1. The Morgan fingerprint density at radius 1 is 1.21 bits per heavy atom. The van der Waals surface area contributed by atoms with Gasteiger partial charge in [-0.05, 0) is 45.1 Å². The largest absolute Gasteiger partial charge is 0.480 e. The summed E-state index contributed by atoms with van der Waals surface area (Å²) < 4.78 is 25.6. The van der Waals surface area contributed by atoms with Crippen LogP contribution < -0.4 is 0 Å². The Bertz CT molecular complexity index is 1190. The van der Waals surface area contributed by atoms with Crippen molar-refractivity contribution in [2.45, 2.75) is 27.3 Å². The van der Waals surface area contributed by atoms with Gasteiger partial charge in [-0.25, -0.2) is 9.37 Å². The molecule has 0 aliphatic carbocycles. The van der Waals surface area contributed by atoms with Gasteiger partial charge in [0.15, 0.2) is 0 Å². The Morgan fingerprint density at radius 2 is 1.94 bits per heavy atom. The monoisotopic (exact) mass is 466 g/mol. The molecule has 7 nitrogen and oxygen atoms in total. The van der Waals surface area contributed by atoms with Crippen molar-refractivity contribution in [3.05, 3.63) is 103 Å². The number of carboxylic acid groups (broad SMARTS) is 1. The normalized spacial score (nSPS) is 12.8. The molecule has 2 aromatic rings. The number of aromatic nitrogens is 1. The molecular formula is C26H27FN2O5. The number of hydrogen-bond donors (Lipinski definition) is 1. The Kier molecular flexibility index (Phi) is 9.31. The molecule has 0 saturated heterocycles. The van der Waals surface area contributed by atoms with E-state index < -0.39 is 24.2 Å². The van der Waals surface area contributed by atoms with Gasteiger partial charge in [-0.2, -0.15) is 0 Å². The number of amides is 1. The summed E-state index contributed by atoms with van der Waals surface area (Å²) in [6.07, 6.45) is 10.9. The Labute approximate surface area is 197 Å². The first kappa shape index (κ1) is 26.1. The van der Waals surface area contributed by atoms with Crippen molar-refractivity contribution >= 4 is 23.0 Å². The molecule has 0 aliphatic heterocycles. The predicted molar refractivity (Wildman–Crippen MR) is 128 cm³/mol. The fraction of sp³-hybridized carbons (Fsp3) is 0.192. The average Bonchev–Trinajstić information content (AvgIpc) is 3.40. The SMILES string of the molecule is C=C/C=C\C(=C/C)c1nc(C)c(C(=O)N(CC(=O)O)Cc2ccc(/C(C=C)=C(F)/C=C\C)o2)o1. The third-order valence-electron chi connectivity index (χ3n) is 4.62. The van der Waals surface area contributed by atoms with E-state index in [1.807, 2.05) is 0 Å². The molecule has 1 amide bonds. The van der Waals surface area contributed by atoms with Crippen LogP contribution in [0.1, 0.15) is 47.5 Å². The number of oxazole rings is 1. The zero-order chi connectivity index (χ0) is 25.3. The van der Waals surface area contributed by atoms with Crippen LogP contribution in [0.25, 0.3) is 11.1 Å². The van der Waals surface area contributed by atoms with Crippen LogP contribution in [0, 0.1) is 6.92 Å². The molecular weight excluding hydrogens is 439 g/mol. The second kappa shape index (κ2) is 12.2. The standard InChI is InChI=1S/C26H27FN2O5/c1-6-10-12-18(8-3)25-28-17(5)24(34-25)26(32)29(16-23(30)31)15-19-13-14-22(33-19)20(9-4)21(27)11-7-2/h6-14H,1,4,15-16H2,2-3,5H3,(H,30,31)/b11-7-,12-10-,18-8+,21-20-. The molecule has 1 N–H and O–H groups in total. The van der Waals surface area contributed by atoms with Crippen molar-refractivity contribution in [3.8, 4) is 0 Å². The maximum absolute atomic E-state index is 14.3. The molecule has 0 unspecified atom stereocenters. The smallest absolute Gasteiger partial charge is 0.323 e. The first-order valence-corrected chi connectivity index (χ1v) is 10.4. The minimum Gasteiger partial charge on any atom is -0.480 e. The number of aryl methyl sites for hydroxylation is 1. The molecule has 0 aromatic carbocycles. The molecule has 2 aromatic heterocycles. The molecule has 0 bridgehead atoms. The Morgan fingerprint density at radius 3 is 2.53 bits per heavy atom. The van der Waals surface area contributed by atoms with Crippen molar-refractivity contribution in [1.29, 1.82) is 0 Å². The van der Waals surface area contributed by atoms with E-state index in [9.17, 15) is 19.1 Å². The topological polar surface area (TPSA) is 96.8 Å². The van der Waals surface area contributed by atoms with E-state index in [-0.39, 0.29) is 35.3 Å². The van der Waals surface area contributed by atoms with Gasteiger partial charge >= 0.3 is 5.97 Å². The first-order chi connectivity index (χ1) is 16.2. The van der Waals surface area contributed by atoms with Crippen LogP contribution in [0.3, 0.4) is 0 Å². The number of carbonyl (C=O) groups is 2. The zero-order valence-electron chi connectivity index (χ0n) is 19.4. The number of nitrogens with zero attached hydrogens (tertiary/aromatic N) is 2. The summed E-state index contributed by atoms with van der Waals surface area (Å²) in [5.74, 6) is -1.82. The molecule has 0 fully saturated rings. The Hall–Kier alpha value is -4.20. The van der Waals surface area contributed by atoms with Crippen molar-refractivity contribution in [3.63, 3.8) is 0 Å².